The maximum atomic E-state index is 13.1. The molecular weight excluding hydrogens is 305 g/mol. The highest BCUT2D eigenvalue weighted by Gasteiger charge is 2.16. The van der Waals surface area contributed by atoms with Gasteiger partial charge in [0.25, 0.3) is 0 Å². The minimum Gasteiger partial charge on any atom is -0.337 e. The molecule has 1 aromatic heterocycles. The number of aromatic nitrogens is 1. The summed E-state index contributed by atoms with van der Waals surface area (Å²) in [5.41, 5.74) is 2.63. The third-order valence-electron chi connectivity index (χ3n) is 4.23. The molecule has 0 aliphatic carbocycles. The Morgan fingerprint density at radius 3 is 2.54 bits per heavy atom. The number of carbonyl (C=O) groups excluding carboxylic acids is 1. The molecule has 0 N–H and O–H groups in total. The Labute approximate surface area is 141 Å². The third-order valence-corrected chi connectivity index (χ3v) is 4.23. The van der Waals surface area contributed by atoms with Crippen molar-refractivity contribution >= 4 is 12.0 Å². The zero-order chi connectivity index (χ0) is 16.9. The highest BCUT2D eigenvalue weighted by molar-refractivity contribution is 5.93. The van der Waals surface area contributed by atoms with E-state index in [-0.39, 0.29) is 11.7 Å². The Morgan fingerprint density at radius 2 is 1.83 bits per heavy atom. The lowest BCUT2D eigenvalue weighted by Gasteiger charge is -2.31. The molecule has 1 aromatic carbocycles. The largest absolute Gasteiger partial charge is 0.337 e. The second-order valence-corrected chi connectivity index (χ2v) is 5.93. The molecule has 0 radical (unpaired) electrons. The van der Waals surface area contributed by atoms with Crippen LogP contribution in [0.4, 0.5) is 4.39 Å². The highest BCUT2D eigenvalue weighted by atomic mass is 19.1. The van der Waals surface area contributed by atoms with E-state index in [0.717, 1.165) is 42.9 Å². The fourth-order valence-corrected chi connectivity index (χ4v) is 2.71. The number of rotatable bonds is 3. The molecule has 1 fully saturated rings. The normalized spacial score (nSPS) is 15.8. The van der Waals surface area contributed by atoms with Gasteiger partial charge in [-0.15, -0.1) is 0 Å². The van der Waals surface area contributed by atoms with Crippen LogP contribution in [-0.2, 0) is 4.79 Å². The molecule has 4 nitrogen and oxygen atoms in total. The van der Waals surface area contributed by atoms with Gasteiger partial charge in [0, 0.05) is 50.2 Å². The van der Waals surface area contributed by atoms with Crippen molar-refractivity contribution in [3.63, 3.8) is 0 Å². The van der Waals surface area contributed by atoms with Crippen molar-refractivity contribution in [2.45, 2.75) is 0 Å². The van der Waals surface area contributed by atoms with Gasteiger partial charge in [0.2, 0.25) is 5.91 Å². The lowest BCUT2D eigenvalue weighted by atomic mass is 10.0. The van der Waals surface area contributed by atoms with Crippen LogP contribution < -0.4 is 0 Å². The summed E-state index contributed by atoms with van der Waals surface area (Å²) in [6.07, 6.45) is 6.83. The number of benzene rings is 1. The van der Waals surface area contributed by atoms with Crippen LogP contribution in [0, 0.1) is 5.82 Å². The van der Waals surface area contributed by atoms with Gasteiger partial charge in [-0.05, 0) is 42.4 Å². The summed E-state index contributed by atoms with van der Waals surface area (Å²) in [5.74, 6) is -0.255. The van der Waals surface area contributed by atoms with Crippen molar-refractivity contribution in [3.8, 4) is 11.1 Å². The van der Waals surface area contributed by atoms with Gasteiger partial charge in [-0.1, -0.05) is 12.1 Å². The van der Waals surface area contributed by atoms with Crippen molar-refractivity contribution in [2.24, 2.45) is 0 Å². The standard InChI is InChI=1S/C19H20FN3O/c1-22-10-12-23(13-11-22)19(24)7-4-16-8-9-21-14-18(16)15-2-5-17(20)6-3-15/h2-9,14H,10-13H2,1H3/b7-4+. The Morgan fingerprint density at radius 1 is 1.12 bits per heavy atom. The summed E-state index contributed by atoms with van der Waals surface area (Å²) in [6, 6.07) is 8.13. The predicted molar refractivity (Wildman–Crippen MR) is 92.7 cm³/mol. The van der Waals surface area contributed by atoms with Gasteiger partial charge >= 0.3 is 0 Å². The fraction of sp³-hybridized carbons (Fsp3) is 0.263. The summed E-state index contributed by atoms with van der Waals surface area (Å²) < 4.78 is 13.1. The van der Waals surface area contributed by atoms with E-state index in [1.54, 1.807) is 36.7 Å². The van der Waals surface area contributed by atoms with Gasteiger partial charge in [0.15, 0.2) is 0 Å². The third kappa shape index (κ3) is 3.86. The van der Waals surface area contributed by atoms with Gasteiger partial charge in [0.05, 0.1) is 0 Å². The summed E-state index contributed by atoms with van der Waals surface area (Å²) >= 11 is 0. The second-order valence-electron chi connectivity index (χ2n) is 5.93. The molecule has 1 aliphatic heterocycles. The van der Waals surface area contributed by atoms with Crippen molar-refractivity contribution in [1.82, 2.24) is 14.8 Å². The van der Waals surface area contributed by atoms with Crippen LogP contribution >= 0.6 is 0 Å². The van der Waals surface area contributed by atoms with Crippen LogP contribution in [0.3, 0.4) is 0 Å². The number of piperazine rings is 1. The first-order valence-corrected chi connectivity index (χ1v) is 7.99. The predicted octanol–water partition coefficient (Wildman–Crippen LogP) is 2.67. The maximum absolute atomic E-state index is 13.1. The topological polar surface area (TPSA) is 36.4 Å². The molecule has 0 spiro atoms. The van der Waals surface area contributed by atoms with Crippen molar-refractivity contribution in [1.29, 1.82) is 0 Å². The molecule has 24 heavy (non-hydrogen) atoms. The van der Waals surface area contributed by atoms with Crippen molar-refractivity contribution < 1.29 is 9.18 Å². The van der Waals surface area contributed by atoms with Crippen molar-refractivity contribution in [3.05, 3.63) is 60.2 Å². The Kier molecular flexibility index (Phi) is 5.01. The minimum absolute atomic E-state index is 0.0185. The second kappa shape index (κ2) is 7.36. The Balaban J connectivity index is 1.77. The number of pyridine rings is 1. The SMILES string of the molecule is CN1CCN(C(=O)/C=C/c2ccncc2-c2ccc(F)cc2)CC1. The van der Waals surface area contributed by atoms with Crippen LogP contribution in [0.25, 0.3) is 17.2 Å². The molecule has 124 valence electrons. The zero-order valence-corrected chi connectivity index (χ0v) is 13.7. The summed E-state index contributed by atoms with van der Waals surface area (Å²) in [4.78, 5) is 20.5. The number of carbonyl (C=O) groups is 1. The number of amides is 1. The zero-order valence-electron chi connectivity index (χ0n) is 13.7. The van der Waals surface area contributed by atoms with Gasteiger partial charge in [-0.25, -0.2) is 4.39 Å². The van der Waals surface area contributed by atoms with Crippen molar-refractivity contribution in [2.75, 3.05) is 33.2 Å². The average Bonchev–Trinajstić information content (AvgIpc) is 2.61. The van der Waals surface area contributed by atoms with Gasteiger partial charge in [-0.2, -0.15) is 0 Å². The van der Waals surface area contributed by atoms with Crippen LogP contribution in [0.2, 0.25) is 0 Å². The van der Waals surface area contributed by atoms with E-state index >= 15 is 0 Å². The average molecular weight is 325 g/mol. The summed E-state index contributed by atoms with van der Waals surface area (Å²) in [6.45, 7) is 3.30. The molecule has 2 aromatic rings. The van der Waals surface area contributed by atoms with Crippen LogP contribution in [0.1, 0.15) is 5.56 Å². The smallest absolute Gasteiger partial charge is 0.246 e. The molecule has 1 aliphatic rings. The Hall–Kier alpha value is -2.53. The number of halogens is 1. The highest BCUT2D eigenvalue weighted by Crippen LogP contribution is 2.24. The first-order chi connectivity index (χ1) is 11.6. The number of hydrogen-bond donors (Lipinski definition) is 0. The van der Waals surface area contributed by atoms with Crippen LogP contribution in [0.15, 0.2) is 48.8 Å². The van der Waals surface area contributed by atoms with E-state index in [1.807, 2.05) is 11.0 Å². The van der Waals surface area contributed by atoms with Gasteiger partial charge in [-0.3, -0.25) is 9.78 Å². The molecule has 1 saturated heterocycles. The van der Waals surface area contributed by atoms with E-state index in [1.165, 1.54) is 12.1 Å². The monoisotopic (exact) mass is 325 g/mol. The molecule has 0 saturated carbocycles. The molecule has 3 rings (SSSR count). The summed E-state index contributed by atoms with van der Waals surface area (Å²) in [5, 5.41) is 0. The number of likely N-dealkylation sites (N-methyl/N-ethyl adjacent to an activating group) is 1. The fourth-order valence-electron chi connectivity index (χ4n) is 2.71. The van der Waals surface area contributed by atoms with E-state index in [2.05, 4.69) is 16.9 Å². The van der Waals surface area contributed by atoms with Crippen LogP contribution in [0.5, 0.6) is 0 Å². The number of nitrogens with zero attached hydrogens (tertiary/aromatic N) is 3. The Bertz CT molecular complexity index is 735. The molecule has 0 atom stereocenters. The van der Waals surface area contributed by atoms with E-state index < -0.39 is 0 Å². The number of hydrogen-bond acceptors (Lipinski definition) is 3. The molecular formula is C19H20FN3O. The molecule has 0 unspecified atom stereocenters. The molecule has 0 bridgehead atoms. The van der Waals surface area contributed by atoms with E-state index in [0.29, 0.717) is 0 Å². The quantitative estimate of drug-likeness (QED) is 0.814. The van der Waals surface area contributed by atoms with Gasteiger partial charge in [0.1, 0.15) is 5.82 Å². The van der Waals surface area contributed by atoms with Crippen LogP contribution in [-0.4, -0.2) is 53.9 Å². The van der Waals surface area contributed by atoms with E-state index in [9.17, 15) is 9.18 Å². The van der Waals surface area contributed by atoms with E-state index in [4.69, 9.17) is 0 Å². The molecule has 5 heteroatoms. The first kappa shape index (κ1) is 16.3. The van der Waals surface area contributed by atoms with Gasteiger partial charge < -0.3 is 9.80 Å². The molecule has 2 heterocycles. The lowest BCUT2D eigenvalue weighted by molar-refractivity contribution is -0.127. The minimum atomic E-state index is -0.273. The molecule has 1 amide bonds. The summed E-state index contributed by atoms with van der Waals surface area (Å²) in [7, 11) is 2.06. The first-order valence-electron chi connectivity index (χ1n) is 7.99. The lowest BCUT2D eigenvalue weighted by Crippen LogP contribution is -2.46. The maximum Gasteiger partial charge on any atom is 0.246 e.